The fourth-order valence-corrected chi connectivity index (χ4v) is 7.90. The first-order valence-electron chi connectivity index (χ1n) is 16.1. The van der Waals surface area contributed by atoms with E-state index in [1.807, 2.05) is 29.2 Å². The van der Waals surface area contributed by atoms with Crippen LogP contribution in [0.2, 0.25) is 0 Å². The lowest BCUT2D eigenvalue weighted by molar-refractivity contribution is -0.125. The number of aryl methyl sites for hydroxylation is 1. The average Bonchev–Trinajstić information content (AvgIpc) is 3.72. The highest BCUT2D eigenvalue weighted by Gasteiger charge is 2.50. The third-order valence-corrected chi connectivity index (χ3v) is 10.0. The standard InChI is InChI=1S/C36H40FN3O4/c1-22-6-4-10-29(37)33(22)36(42)40-30-11-5-7-24(30)20-28(35(41)39-27-16-17-31-32(21-27)44-19-18-43-31)34(40)23-12-14-26(15-13-23)38-25-8-2-3-9-25/h4,6,10,12-17,21,24-25,28,30,34,38H,2-3,5,7-9,11,18-20H2,1H3,(H,39,41)/t24-,28+,30-,34+/m1/s1. The highest BCUT2D eigenvalue weighted by Crippen LogP contribution is 2.49. The number of hydrogen-bond donors (Lipinski definition) is 2. The highest BCUT2D eigenvalue weighted by atomic mass is 19.1. The van der Waals surface area contributed by atoms with Crippen molar-refractivity contribution >= 4 is 23.2 Å². The minimum absolute atomic E-state index is 0.0545. The molecule has 3 aromatic carbocycles. The maximum atomic E-state index is 15.3. The number of rotatable bonds is 6. The Morgan fingerprint density at radius 3 is 2.39 bits per heavy atom. The Morgan fingerprint density at radius 1 is 0.864 bits per heavy atom. The summed E-state index contributed by atoms with van der Waals surface area (Å²) in [7, 11) is 0. The Kier molecular flexibility index (Phi) is 7.91. The minimum Gasteiger partial charge on any atom is -0.486 e. The van der Waals surface area contributed by atoms with Crippen molar-refractivity contribution in [1.82, 2.24) is 4.90 Å². The number of fused-ring (bicyclic) bond motifs is 2. The zero-order valence-corrected chi connectivity index (χ0v) is 25.2. The van der Waals surface area contributed by atoms with Gasteiger partial charge in [-0.1, -0.05) is 43.5 Å². The van der Waals surface area contributed by atoms with Gasteiger partial charge in [-0.05, 0) is 86.4 Å². The van der Waals surface area contributed by atoms with Crippen LogP contribution in [0.25, 0.3) is 0 Å². The Balaban J connectivity index is 1.25. The monoisotopic (exact) mass is 597 g/mol. The molecule has 2 amide bonds. The molecule has 2 N–H and O–H groups in total. The Hall–Kier alpha value is -4.07. The Morgan fingerprint density at radius 2 is 1.61 bits per heavy atom. The number of amides is 2. The van der Waals surface area contributed by atoms with Gasteiger partial charge < -0.3 is 25.0 Å². The first-order chi connectivity index (χ1) is 21.5. The van der Waals surface area contributed by atoms with Crippen LogP contribution in [0.4, 0.5) is 15.8 Å². The molecule has 2 aliphatic heterocycles. The van der Waals surface area contributed by atoms with Gasteiger partial charge in [0.2, 0.25) is 5.91 Å². The summed E-state index contributed by atoms with van der Waals surface area (Å²) in [6.07, 6.45) is 8.24. The largest absolute Gasteiger partial charge is 0.486 e. The normalized spacial score (nSPS) is 24.5. The smallest absolute Gasteiger partial charge is 0.257 e. The van der Waals surface area contributed by atoms with Crippen LogP contribution in [0.1, 0.15) is 78.9 Å². The van der Waals surface area contributed by atoms with Crippen LogP contribution in [0.15, 0.2) is 60.7 Å². The number of ether oxygens (including phenoxy) is 2. The molecular formula is C36H40FN3O4. The van der Waals surface area contributed by atoms with E-state index in [9.17, 15) is 9.59 Å². The molecule has 8 heteroatoms. The molecule has 44 heavy (non-hydrogen) atoms. The molecule has 4 atom stereocenters. The van der Waals surface area contributed by atoms with Gasteiger partial charge in [-0.25, -0.2) is 4.39 Å². The van der Waals surface area contributed by atoms with E-state index in [-0.39, 0.29) is 29.3 Å². The summed E-state index contributed by atoms with van der Waals surface area (Å²) in [4.78, 5) is 30.6. The molecule has 230 valence electrons. The van der Waals surface area contributed by atoms with Crippen LogP contribution >= 0.6 is 0 Å². The van der Waals surface area contributed by atoms with E-state index in [1.165, 1.54) is 31.7 Å². The summed E-state index contributed by atoms with van der Waals surface area (Å²) in [5, 5.41) is 6.77. The molecule has 0 radical (unpaired) electrons. The van der Waals surface area contributed by atoms with E-state index in [0.717, 1.165) is 30.5 Å². The maximum absolute atomic E-state index is 15.3. The fraction of sp³-hybridized carbons (Fsp3) is 0.444. The third kappa shape index (κ3) is 5.51. The van der Waals surface area contributed by atoms with Gasteiger partial charge in [-0.2, -0.15) is 0 Å². The number of nitrogens with one attached hydrogen (secondary N) is 2. The van der Waals surface area contributed by atoms with Gasteiger partial charge in [0.05, 0.1) is 17.5 Å². The number of hydrogen-bond acceptors (Lipinski definition) is 5. The van der Waals surface area contributed by atoms with E-state index < -0.39 is 17.8 Å². The molecule has 3 fully saturated rings. The number of likely N-dealkylation sites (tertiary alicyclic amines) is 1. The van der Waals surface area contributed by atoms with Crippen LogP contribution in [-0.4, -0.2) is 42.0 Å². The second-order valence-corrected chi connectivity index (χ2v) is 12.8. The molecule has 2 heterocycles. The van der Waals surface area contributed by atoms with Crippen molar-refractivity contribution in [3.63, 3.8) is 0 Å². The first kappa shape index (κ1) is 28.7. The quantitative estimate of drug-likeness (QED) is 0.312. The van der Waals surface area contributed by atoms with Crippen molar-refractivity contribution in [2.75, 3.05) is 23.8 Å². The molecule has 0 aromatic heterocycles. The van der Waals surface area contributed by atoms with E-state index >= 15 is 4.39 Å². The van der Waals surface area contributed by atoms with Gasteiger partial charge in [0.1, 0.15) is 19.0 Å². The molecule has 1 saturated heterocycles. The number of anilines is 2. The second-order valence-electron chi connectivity index (χ2n) is 12.8. The molecule has 0 spiro atoms. The molecule has 7 rings (SSSR count). The molecular weight excluding hydrogens is 557 g/mol. The van der Waals surface area contributed by atoms with Crippen molar-refractivity contribution in [3.05, 3.63) is 83.2 Å². The van der Waals surface area contributed by atoms with Gasteiger partial charge >= 0.3 is 0 Å². The van der Waals surface area contributed by atoms with Gasteiger partial charge in [0.25, 0.3) is 5.91 Å². The van der Waals surface area contributed by atoms with Crippen molar-refractivity contribution in [3.8, 4) is 11.5 Å². The van der Waals surface area contributed by atoms with E-state index in [1.54, 1.807) is 25.1 Å². The molecule has 2 saturated carbocycles. The molecule has 2 aliphatic carbocycles. The van der Waals surface area contributed by atoms with E-state index in [0.29, 0.717) is 48.4 Å². The summed E-state index contributed by atoms with van der Waals surface area (Å²) in [5.74, 6) is -0.124. The Labute approximate surface area is 258 Å². The van der Waals surface area contributed by atoms with E-state index in [4.69, 9.17) is 9.47 Å². The zero-order valence-electron chi connectivity index (χ0n) is 25.2. The first-order valence-corrected chi connectivity index (χ1v) is 16.1. The van der Waals surface area contributed by atoms with Crippen LogP contribution in [-0.2, 0) is 4.79 Å². The molecule has 0 unspecified atom stereocenters. The lowest BCUT2D eigenvalue weighted by atomic mass is 9.76. The third-order valence-electron chi connectivity index (χ3n) is 10.0. The van der Waals surface area contributed by atoms with Crippen molar-refractivity contribution in [1.29, 1.82) is 0 Å². The van der Waals surface area contributed by atoms with E-state index in [2.05, 4.69) is 22.8 Å². The zero-order chi connectivity index (χ0) is 30.2. The average molecular weight is 598 g/mol. The summed E-state index contributed by atoms with van der Waals surface area (Å²) in [6, 6.07) is 18.2. The molecule has 3 aromatic rings. The van der Waals surface area contributed by atoms with Gasteiger partial charge in [0, 0.05) is 29.5 Å². The van der Waals surface area contributed by atoms with Crippen LogP contribution in [0.3, 0.4) is 0 Å². The van der Waals surface area contributed by atoms with Crippen molar-refractivity contribution in [2.45, 2.75) is 76.4 Å². The van der Waals surface area contributed by atoms with Crippen molar-refractivity contribution in [2.24, 2.45) is 11.8 Å². The topological polar surface area (TPSA) is 79.9 Å². The predicted octanol–water partition coefficient (Wildman–Crippen LogP) is 7.27. The van der Waals surface area contributed by atoms with Gasteiger partial charge in [0.15, 0.2) is 11.5 Å². The summed E-state index contributed by atoms with van der Waals surface area (Å²) < 4.78 is 26.7. The maximum Gasteiger partial charge on any atom is 0.257 e. The van der Waals surface area contributed by atoms with Gasteiger partial charge in [-0.3, -0.25) is 9.59 Å². The fourth-order valence-electron chi connectivity index (χ4n) is 7.90. The van der Waals surface area contributed by atoms with Crippen LogP contribution < -0.4 is 20.1 Å². The lowest BCUT2D eigenvalue weighted by Crippen LogP contribution is -2.54. The number of benzene rings is 3. The highest BCUT2D eigenvalue weighted by molar-refractivity contribution is 5.98. The molecule has 0 bridgehead atoms. The number of nitrogens with zero attached hydrogens (tertiary/aromatic N) is 1. The lowest BCUT2D eigenvalue weighted by Gasteiger charge is -2.48. The molecule has 4 aliphatic rings. The van der Waals surface area contributed by atoms with Crippen LogP contribution in [0, 0.1) is 24.6 Å². The van der Waals surface area contributed by atoms with Gasteiger partial charge in [-0.15, -0.1) is 0 Å². The summed E-state index contributed by atoms with van der Waals surface area (Å²) in [5.41, 5.74) is 3.23. The second kappa shape index (κ2) is 12.1. The van der Waals surface area contributed by atoms with Crippen molar-refractivity contribution < 1.29 is 23.5 Å². The molecule has 7 nitrogen and oxygen atoms in total. The Bertz CT molecular complexity index is 1520. The number of piperidine rings is 1. The minimum atomic E-state index is -0.543. The number of halogens is 1. The number of carbonyl (C=O) groups excluding carboxylic acids is 2. The predicted molar refractivity (Wildman–Crippen MR) is 168 cm³/mol. The SMILES string of the molecule is Cc1cccc(F)c1C(=O)N1[C@@H]2CCC[C@@H]2C[C@H](C(=O)Nc2ccc3c(c2)OCCO3)[C@@H]1c1ccc(NC2CCCC2)cc1. The van der Waals surface area contributed by atoms with Crippen LogP contribution in [0.5, 0.6) is 11.5 Å². The number of carbonyl (C=O) groups is 2. The summed E-state index contributed by atoms with van der Waals surface area (Å²) in [6.45, 7) is 2.72. The summed E-state index contributed by atoms with van der Waals surface area (Å²) >= 11 is 0.